The van der Waals surface area contributed by atoms with Crippen LogP contribution >= 0.6 is 11.8 Å². The summed E-state index contributed by atoms with van der Waals surface area (Å²) in [4.78, 5) is 21.8. The van der Waals surface area contributed by atoms with Gasteiger partial charge in [0.1, 0.15) is 5.56 Å². The Balaban J connectivity index is 2.19. The minimum atomic E-state index is -1.29. The summed E-state index contributed by atoms with van der Waals surface area (Å²) in [7, 11) is 0. The number of rotatable bonds is 5. The number of benzene rings is 2. The molecule has 0 spiro atoms. The zero-order valence-electron chi connectivity index (χ0n) is 10.4. The van der Waals surface area contributed by atoms with Gasteiger partial charge in [-0.2, -0.15) is 0 Å². The van der Waals surface area contributed by atoms with E-state index in [1.165, 1.54) is 23.9 Å². The maximum Gasteiger partial charge on any atom is 0.342 e. The third-order valence-electron chi connectivity index (χ3n) is 2.64. The van der Waals surface area contributed by atoms with Crippen molar-refractivity contribution in [1.82, 2.24) is 0 Å². The first-order valence-electron chi connectivity index (χ1n) is 5.76. The fourth-order valence-electron chi connectivity index (χ4n) is 1.68. The number of nitro benzene ring substituents is 1. The highest BCUT2D eigenvalue weighted by Crippen LogP contribution is 2.28. The first-order valence-corrected chi connectivity index (χ1v) is 6.75. The summed E-state index contributed by atoms with van der Waals surface area (Å²) < 4.78 is 0. The maximum atomic E-state index is 11.0. The average molecular weight is 289 g/mol. The van der Waals surface area contributed by atoms with Crippen molar-refractivity contribution in [3.63, 3.8) is 0 Å². The molecule has 0 aliphatic rings. The molecule has 0 saturated heterocycles. The van der Waals surface area contributed by atoms with Gasteiger partial charge in [0.15, 0.2) is 0 Å². The largest absolute Gasteiger partial charge is 0.477 e. The van der Waals surface area contributed by atoms with E-state index in [1.807, 2.05) is 30.3 Å². The fourth-order valence-corrected chi connectivity index (χ4v) is 2.57. The topological polar surface area (TPSA) is 80.4 Å². The van der Waals surface area contributed by atoms with Crippen molar-refractivity contribution in [1.29, 1.82) is 0 Å². The molecule has 0 unspecified atom stereocenters. The third-order valence-corrected chi connectivity index (χ3v) is 3.71. The average Bonchev–Trinajstić information content (AvgIpc) is 2.45. The number of nitrogens with zero attached hydrogens (tertiary/aromatic N) is 1. The van der Waals surface area contributed by atoms with Gasteiger partial charge in [-0.1, -0.05) is 30.3 Å². The van der Waals surface area contributed by atoms with Crippen LogP contribution in [0.25, 0.3) is 0 Å². The summed E-state index contributed by atoms with van der Waals surface area (Å²) in [6.45, 7) is 0. The minimum absolute atomic E-state index is 0.284. The van der Waals surface area contributed by atoms with Gasteiger partial charge < -0.3 is 5.11 Å². The molecule has 0 atom stereocenters. The lowest BCUT2D eigenvalue weighted by molar-refractivity contribution is -0.385. The van der Waals surface area contributed by atoms with Crippen molar-refractivity contribution in [2.75, 3.05) is 0 Å². The number of thioether (sulfide) groups is 1. The molecule has 0 amide bonds. The highest BCUT2D eigenvalue weighted by Gasteiger charge is 2.19. The first kappa shape index (κ1) is 14.1. The van der Waals surface area contributed by atoms with Gasteiger partial charge in [0.25, 0.3) is 5.69 Å². The molecule has 0 bridgehead atoms. The second-order valence-corrected chi connectivity index (χ2v) is 5.06. The van der Waals surface area contributed by atoms with Crippen molar-refractivity contribution >= 4 is 23.4 Å². The minimum Gasteiger partial charge on any atom is -0.477 e. The highest BCUT2D eigenvalue weighted by molar-refractivity contribution is 7.98. The van der Waals surface area contributed by atoms with E-state index in [0.29, 0.717) is 10.6 Å². The van der Waals surface area contributed by atoms with Gasteiger partial charge in [0.2, 0.25) is 0 Å². The molecule has 0 saturated carbocycles. The van der Waals surface area contributed by atoms with Crippen LogP contribution in [-0.4, -0.2) is 16.0 Å². The van der Waals surface area contributed by atoms with E-state index in [2.05, 4.69) is 0 Å². The summed E-state index contributed by atoms with van der Waals surface area (Å²) >= 11 is 1.44. The summed E-state index contributed by atoms with van der Waals surface area (Å²) in [5.41, 5.74) is 0.433. The van der Waals surface area contributed by atoms with Crippen LogP contribution in [0.2, 0.25) is 0 Å². The second kappa shape index (κ2) is 6.21. The van der Waals surface area contributed by atoms with Crippen LogP contribution in [0.15, 0.2) is 53.4 Å². The molecule has 6 heteroatoms. The Kier molecular flexibility index (Phi) is 4.37. The van der Waals surface area contributed by atoms with Crippen LogP contribution < -0.4 is 0 Å². The Morgan fingerprint density at radius 2 is 1.90 bits per heavy atom. The van der Waals surface area contributed by atoms with Crippen LogP contribution in [0.3, 0.4) is 0 Å². The lowest BCUT2D eigenvalue weighted by Gasteiger charge is -2.04. The second-order valence-electron chi connectivity index (χ2n) is 4.02. The maximum absolute atomic E-state index is 11.0. The number of nitro groups is 1. The quantitative estimate of drug-likeness (QED) is 0.517. The molecule has 5 nitrogen and oxygen atoms in total. The molecular weight excluding hydrogens is 278 g/mol. The number of aromatic carboxylic acids is 1. The zero-order chi connectivity index (χ0) is 14.5. The smallest absolute Gasteiger partial charge is 0.342 e. The monoisotopic (exact) mass is 289 g/mol. The van der Waals surface area contributed by atoms with E-state index >= 15 is 0 Å². The summed E-state index contributed by atoms with van der Waals surface area (Å²) in [5, 5.41) is 19.8. The Hall–Kier alpha value is -2.34. The van der Waals surface area contributed by atoms with Crippen molar-refractivity contribution in [2.24, 2.45) is 0 Å². The van der Waals surface area contributed by atoms with Gasteiger partial charge in [0.05, 0.1) is 4.92 Å². The molecule has 102 valence electrons. The van der Waals surface area contributed by atoms with Crippen molar-refractivity contribution in [2.45, 2.75) is 10.6 Å². The normalized spacial score (nSPS) is 10.2. The lowest BCUT2D eigenvalue weighted by Crippen LogP contribution is -2.02. The van der Waals surface area contributed by atoms with Gasteiger partial charge in [-0.25, -0.2) is 4.79 Å². The Morgan fingerprint density at radius 3 is 2.50 bits per heavy atom. The van der Waals surface area contributed by atoms with E-state index in [1.54, 1.807) is 6.07 Å². The summed E-state index contributed by atoms with van der Waals surface area (Å²) in [6.07, 6.45) is 0. The van der Waals surface area contributed by atoms with E-state index in [4.69, 9.17) is 5.11 Å². The standard InChI is InChI=1S/C14H11NO4S/c16-14(17)12-8-11(6-7-13(12)15(18)19)20-9-10-4-2-1-3-5-10/h1-8H,9H2,(H,16,17). The van der Waals surface area contributed by atoms with Gasteiger partial charge in [0, 0.05) is 16.7 Å². The molecule has 0 fully saturated rings. The summed E-state index contributed by atoms with van der Waals surface area (Å²) in [6, 6.07) is 13.8. The first-order chi connectivity index (χ1) is 9.58. The van der Waals surface area contributed by atoms with Gasteiger partial charge in [-0.3, -0.25) is 10.1 Å². The predicted octanol–water partition coefficient (Wildman–Crippen LogP) is 3.59. The van der Waals surface area contributed by atoms with Crippen LogP contribution in [0.4, 0.5) is 5.69 Å². The van der Waals surface area contributed by atoms with Gasteiger partial charge >= 0.3 is 5.97 Å². The SMILES string of the molecule is O=C(O)c1cc(SCc2ccccc2)ccc1[N+](=O)[O-]. The number of carbonyl (C=O) groups is 1. The molecule has 2 aromatic carbocycles. The molecule has 2 rings (SSSR count). The Labute approximate surface area is 119 Å². The Morgan fingerprint density at radius 1 is 1.20 bits per heavy atom. The molecule has 20 heavy (non-hydrogen) atoms. The number of carboxylic acids is 1. The van der Waals surface area contributed by atoms with E-state index in [-0.39, 0.29) is 11.3 Å². The van der Waals surface area contributed by atoms with E-state index in [9.17, 15) is 14.9 Å². The van der Waals surface area contributed by atoms with Gasteiger partial charge in [-0.15, -0.1) is 11.8 Å². The molecule has 0 aliphatic heterocycles. The molecule has 0 aliphatic carbocycles. The van der Waals surface area contributed by atoms with Crippen molar-refractivity contribution in [3.05, 3.63) is 69.8 Å². The lowest BCUT2D eigenvalue weighted by atomic mass is 10.2. The highest BCUT2D eigenvalue weighted by atomic mass is 32.2. The molecule has 1 N–H and O–H groups in total. The van der Waals surface area contributed by atoms with E-state index in [0.717, 1.165) is 5.56 Å². The van der Waals surface area contributed by atoms with Crippen LogP contribution in [0, 0.1) is 10.1 Å². The van der Waals surface area contributed by atoms with Crippen LogP contribution in [0.1, 0.15) is 15.9 Å². The molecular formula is C14H11NO4S. The molecule has 2 aromatic rings. The predicted molar refractivity (Wildman–Crippen MR) is 76.1 cm³/mol. The third kappa shape index (κ3) is 3.36. The molecule has 0 aromatic heterocycles. The summed E-state index contributed by atoms with van der Waals surface area (Å²) in [5.74, 6) is -0.614. The van der Waals surface area contributed by atoms with Crippen molar-refractivity contribution < 1.29 is 14.8 Å². The van der Waals surface area contributed by atoms with Crippen molar-refractivity contribution in [3.8, 4) is 0 Å². The molecule has 0 heterocycles. The van der Waals surface area contributed by atoms with Crippen LogP contribution in [-0.2, 0) is 5.75 Å². The van der Waals surface area contributed by atoms with Crippen LogP contribution in [0.5, 0.6) is 0 Å². The Bertz CT molecular complexity index is 643. The van der Waals surface area contributed by atoms with E-state index < -0.39 is 10.9 Å². The molecule has 0 radical (unpaired) electrons. The zero-order valence-corrected chi connectivity index (χ0v) is 11.2. The fraction of sp³-hybridized carbons (Fsp3) is 0.0714. The van der Waals surface area contributed by atoms with Gasteiger partial charge in [-0.05, 0) is 17.7 Å². The number of hydrogen-bond donors (Lipinski definition) is 1. The number of hydrogen-bond acceptors (Lipinski definition) is 4. The number of carboxylic acid groups (broad SMARTS) is 1.